The molecule has 0 saturated carbocycles. The minimum atomic E-state index is -4.22. The van der Waals surface area contributed by atoms with Gasteiger partial charge in [-0.15, -0.1) is 0 Å². The van der Waals surface area contributed by atoms with Crippen molar-refractivity contribution >= 4 is 5.96 Å². The zero-order valence-corrected chi connectivity index (χ0v) is 15.3. The zero-order chi connectivity index (χ0) is 20.3. The average Bonchev–Trinajstić information content (AvgIpc) is 2.55. The molecule has 0 saturated heterocycles. The number of ether oxygens (including phenoxy) is 1. The van der Waals surface area contributed by atoms with Gasteiger partial charge in [-0.25, -0.2) is 4.99 Å². The summed E-state index contributed by atoms with van der Waals surface area (Å²) in [5, 5.41) is 6.01. The van der Waals surface area contributed by atoms with Crippen molar-refractivity contribution in [3.05, 3.63) is 29.8 Å². The molecule has 0 fully saturated rings. The normalized spacial score (nSPS) is 12.6. The summed E-state index contributed by atoms with van der Waals surface area (Å²) < 4.78 is 66.2. The molecule has 0 radical (unpaired) electrons. The lowest BCUT2D eigenvalue weighted by Gasteiger charge is -2.19. The van der Waals surface area contributed by atoms with Crippen molar-refractivity contribution in [1.82, 2.24) is 15.5 Å². The SMILES string of the molecule is CCNC(=NCc1ccccc1OC(F)F)NCCCN(C)CC(F)(F)F. The zero-order valence-electron chi connectivity index (χ0n) is 15.3. The molecule has 154 valence electrons. The van der Waals surface area contributed by atoms with Crippen molar-refractivity contribution < 1.29 is 26.7 Å². The van der Waals surface area contributed by atoms with E-state index >= 15 is 0 Å². The van der Waals surface area contributed by atoms with Gasteiger partial charge in [-0.3, -0.25) is 4.90 Å². The predicted octanol–water partition coefficient (Wildman–Crippen LogP) is 3.23. The first-order valence-electron chi connectivity index (χ1n) is 8.51. The minimum Gasteiger partial charge on any atom is -0.434 e. The highest BCUT2D eigenvalue weighted by molar-refractivity contribution is 5.79. The number of para-hydroxylation sites is 1. The minimum absolute atomic E-state index is 0.0564. The van der Waals surface area contributed by atoms with Gasteiger partial charge in [-0.2, -0.15) is 22.0 Å². The van der Waals surface area contributed by atoms with Crippen LogP contribution < -0.4 is 15.4 Å². The number of guanidine groups is 1. The smallest absolute Gasteiger partial charge is 0.401 e. The number of hydrogen-bond acceptors (Lipinski definition) is 3. The molecule has 1 aromatic carbocycles. The van der Waals surface area contributed by atoms with Crippen LogP contribution in [0.3, 0.4) is 0 Å². The quantitative estimate of drug-likeness (QED) is 0.276. The molecule has 0 aliphatic heterocycles. The van der Waals surface area contributed by atoms with Gasteiger partial charge in [0, 0.05) is 18.7 Å². The van der Waals surface area contributed by atoms with E-state index in [1.165, 1.54) is 18.0 Å². The van der Waals surface area contributed by atoms with Crippen molar-refractivity contribution in [2.75, 3.05) is 33.2 Å². The van der Waals surface area contributed by atoms with Crippen LogP contribution in [-0.4, -0.2) is 56.9 Å². The number of benzene rings is 1. The maximum absolute atomic E-state index is 12.4. The second-order valence-electron chi connectivity index (χ2n) is 5.81. The van der Waals surface area contributed by atoms with E-state index in [2.05, 4.69) is 20.4 Å². The van der Waals surface area contributed by atoms with Crippen LogP contribution in [0.2, 0.25) is 0 Å². The molecule has 0 aliphatic carbocycles. The van der Waals surface area contributed by atoms with Crippen LogP contribution in [0, 0.1) is 0 Å². The molecule has 0 bridgehead atoms. The third-order valence-electron chi connectivity index (χ3n) is 3.40. The van der Waals surface area contributed by atoms with Crippen LogP contribution >= 0.6 is 0 Å². The van der Waals surface area contributed by atoms with Crippen molar-refractivity contribution in [2.24, 2.45) is 4.99 Å². The van der Waals surface area contributed by atoms with Gasteiger partial charge >= 0.3 is 12.8 Å². The second-order valence-corrected chi connectivity index (χ2v) is 5.81. The second kappa shape index (κ2) is 11.6. The molecule has 10 heteroatoms. The molecular formula is C17H25F5N4O. The highest BCUT2D eigenvalue weighted by atomic mass is 19.4. The Labute approximate surface area is 155 Å². The van der Waals surface area contributed by atoms with E-state index in [1.807, 2.05) is 6.92 Å². The summed E-state index contributed by atoms with van der Waals surface area (Å²) in [6, 6.07) is 6.36. The van der Waals surface area contributed by atoms with E-state index < -0.39 is 19.3 Å². The van der Waals surface area contributed by atoms with E-state index in [0.717, 1.165) is 0 Å². The van der Waals surface area contributed by atoms with Crippen LogP contribution in [-0.2, 0) is 6.54 Å². The lowest BCUT2D eigenvalue weighted by atomic mass is 10.2. The molecule has 27 heavy (non-hydrogen) atoms. The van der Waals surface area contributed by atoms with E-state index in [1.54, 1.807) is 18.2 Å². The first kappa shape index (κ1) is 22.9. The number of rotatable bonds is 10. The lowest BCUT2D eigenvalue weighted by Crippen LogP contribution is -2.39. The molecule has 1 rings (SSSR count). The summed E-state index contributed by atoms with van der Waals surface area (Å²) in [4.78, 5) is 5.50. The van der Waals surface area contributed by atoms with Crippen molar-refractivity contribution in [3.63, 3.8) is 0 Å². The summed E-state index contributed by atoms with van der Waals surface area (Å²) in [7, 11) is 1.41. The Hall–Kier alpha value is -2.10. The fraction of sp³-hybridized carbons (Fsp3) is 0.588. The Balaban J connectivity index is 2.53. The molecule has 5 nitrogen and oxygen atoms in total. The monoisotopic (exact) mass is 396 g/mol. The number of nitrogens with zero attached hydrogens (tertiary/aromatic N) is 2. The Kier molecular flexibility index (Phi) is 9.84. The van der Waals surface area contributed by atoms with E-state index in [0.29, 0.717) is 31.0 Å². The van der Waals surface area contributed by atoms with E-state index in [9.17, 15) is 22.0 Å². The maximum Gasteiger partial charge on any atom is 0.401 e. The van der Waals surface area contributed by atoms with Crippen LogP contribution in [0.25, 0.3) is 0 Å². The van der Waals surface area contributed by atoms with Gasteiger partial charge in [-0.1, -0.05) is 18.2 Å². The Morgan fingerprint density at radius 1 is 1.22 bits per heavy atom. The van der Waals surface area contributed by atoms with Gasteiger partial charge in [-0.05, 0) is 33.0 Å². The van der Waals surface area contributed by atoms with Crippen LogP contribution in [0.15, 0.2) is 29.3 Å². The molecule has 0 unspecified atom stereocenters. The Morgan fingerprint density at radius 2 is 1.93 bits per heavy atom. The number of halogens is 5. The van der Waals surface area contributed by atoms with Gasteiger partial charge < -0.3 is 15.4 Å². The third-order valence-corrected chi connectivity index (χ3v) is 3.40. The summed E-state index contributed by atoms with van der Waals surface area (Å²) in [5.74, 6) is 0.503. The van der Waals surface area contributed by atoms with Crippen molar-refractivity contribution in [1.29, 1.82) is 0 Å². The number of hydrogen-bond donors (Lipinski definition) is 2. The predicted molar refractivity (Wildman–Crippen MR) is 94.1 cm³/mol. The third kappa shape index (κ3) is 10.6. The number of aliphatic imine (C=N–C) groups is 1. The standard InChI is InChI=1S/C17H25F5N4O/c1-3-23-16(24-9-6-10-26(2)12-17(20,21)22)25-11-13-7-4-5-8-14(13)27-15(18)19/h4-5,7-8,15H,3,6,9-12H2,1-2H3,(H2,23,24,25). The summed E-state index contributed by atoms with van der Waals surface area (Å²) in [6.07, 6.45) is -3.73. The van der Waals surface area contributed by atoms with Crippen LogP contribution in [0.5, 0.6) is 5.75 Å². The summed E-state index contributed by atoms with van der Waals surface area (Å²) >= 11 is 0. The molecule has 0 aliphatic rings. The number of alkyl halides is 5. The highest BCUT2D eigenvalue weighted by Gasteiger charge is 2.28. The molecule has 0 aromatic heterocycles. The van der Waals surface area contributed by atoms with Crippen LogP contribution in [0.4, 0.5) is 22.0 Å². The summed E-state index contributed by atoms with van der Waals surface area (Å²) in [5.41, 5.74) is 0.500. The first-order valence-corrected chi connectivity index (χ1v) is 8.51. The Bertz CT molecular complexity index is 581. The van der Waals surface area contributed by atoms with Gasteiger partial charge in [0.2, 0.25) is 0 Å². The molecule has 0 atom stereocenters. The topological polar surface area (TPSA) is 48.9 Å². The fourth-order valence-electron chi connectivity index (χ4n) is 2.29. The highest BCUT2D eigenvalue weighted by Crippen LogP contribution is 2.21. The van der Waals surface area contributed by atoms with E-state index in [4.69, 9.17) is 0 Å². The van der Waals surface area contributed by atoms with Crippen molar-refractivity contribution in [2.45, 2.75) is 32.7 Å². The van der Waals surface area contributed by atoms with Gasteiger partial charge in [0.05, 0.1) is 13.1 Å². The fourth-order valence-corrected chi connectivity index (χ4v) is 2.29. The molecular weight excluding hydrogens is 371 g/mol. The van der Waals surface area contributed by atoms with E-state index in [-0.39, 0.29) is 18.8 Å². The molecule has 0 spiro atoms. The van der Waals surface area contributed by atoms with Crippen molar-refractivity contribution in [3.8, 4) is 5.75 Å². The average molecular weight is 396 g/mol. The lowest BCUT2D eigenvalue weighted by molar-refractivity contribution is -0.143. The molecule has 2 N–H and O–H groups in total. The van der Waals surface area contributed by atoms with Gasteiger partial charge in [0.1, 0.15) is 5.75 Å². The van der Waals surface area contributed by atoms with Gasteiger partial charge in [0.25, 0.3) is 0 Å². The molecule has 0 amide bonds. The summed E-state index contributed by atoms with van der Waals surface area (Å²) in [6.45, 7) is -0.624. The van der Waals surface area contributed by atoms with Gasteiger partial charge in [0.15, 0.2) is 5.96 Å². The largest absolute Gasteiger partial charge is 0.434 e. The first-order chi connectivity index (χ1) is 12.7. The maximum atomic E-state index is 12.4. The number of nitrogens with one attached hydrogen (secondary N) is 2. The molecule has 0 heterocycles. The van der Waals surface area contributed by atoms with Crippen LogP contribution in [0.1, 0.15) is 18.9 Å². The Morgan fingerprint density at radius 3 is 2.56 bits per heavy atom. The molecule has 1 aromatic rings.